The van der Waals surface area contributed by atoms with Gasteiger partial charge < -0.3 is 11.1 Å². The van der Waals surface area contributed by atoms with Crippen molar-refractivity contribution < 1.29 is 4.79 Å². The molecule has 0 unspecified atom stereocenters. The SMILES string of the molecule is CCC(=O)c1sc(NCC2(CC)CCC2)c(C2CC2)c1N. The lowest BCUT2D eigenvalue weighted by molar-refractivity contribution is 0.0993. The summed E-state index contributed by atoms with van der Waals surface area (Å²) in [5.41, 5.74) is 8.77. The molecule has 1 aromatic rings. The van der Waals surface area contributed by atoms with Crippen LogP contribution in [0.4, 0.5) is 10.7 Å². The van der Waals surface area contributed by atoms with Gasteiger partial charge in [-0.25, -0.2) is 0 Å². The summed E-state index contributed by atoms with van der Waals surface area (Å²) in [5.74, 6) is 0.766. The van der Waals surface area contributed by atoms with Gasteiger partial charge in [0.2, 0.25) is 0 Å². The number of hydrogen-bond acceptors (Lipinski definition) is 4. The van der Waals surface area contributed by atoms with Crippen LogP contribution in [-0.2, 0) is 0 Å². The molecule has 3 N–H and O–H groups in total. The molecule has 2 fully saturated rings. The van der Waals surface area contributed by atoms with Gasteiger partial charge in [-0.2, -0.15) is 0 Å². The summed E-state index contributed by atoms with van der Waals surface area (Å²) in [6.45, 7) is 5.23. The van der Waals surface area contributed by atoms with E-state index < -0.39 is 0 Å². The maximum absolute atomic E-state index is 12.1. The van der Waals surface area contributed by atoms with Crippen molar-refractivity contribution >= 4 is 27.8 Å². The molecule has 0 bridgehead atoms. The molecule has 2 aliphatic carbocycles. The number of carbonyl (C=O) groups excluding carboxylic acids is 1. The van der Waals surface area contributed by atoms with E-state index in [-0.39, 0.29) is 5.78 Å². The third kappa shape index (κ3) is 2.70. The first kappa shape index (κ1) is 14.9. The highest BCUT2D eigenvalue weighted by atomic mass is 32.1. The van der Waals surface area contributed by atoms with Crippen LogP contribution in [0.1, 0.15) is 79.9 Å². The van der Waals surface area contributed by atoms with E-state index in [1.807, 2.05) is 6.92 Å². The largest absolute Gasteiger partial charge is 0.397 e. The Morgan fingerprint density at radius 2 is 2.10 bits per heavy atom. The van der Waals surface area contributed by atoms with Gasteiger partial charge >= 0.3 is 0 Å². The van der Waals surface area contributed by atoms with Crippen LogP contribution in [0.15, 0.2) is 0 Å². The van der Waals surface area contributed by atoms with Gasteiger partial charge in [0.15, 0.2) is 5.78 Å². The minimum atomic E-state index is 0.182. The van der Waals surface area contributed by atoms with Crippen LogP contribution >= 0.6 is 11.3 Å². The number of anilines is 2. The van der Waals surface area contributed by atoms with E-state index in [0.717, 1.165) is 17.1 Å². The van der Waals surface area contributed by atoms with Crippen LogP contribution in [0.2, 0.25) is 0 Å². The Morgan fingerprint density at radius 3 is 2.57 bits per heavy atom. The number of ketones is 1. The maximum Gasteiger partial charge on any atom is 0.174 e. The second kappa shape index (κ2) is 5.64. The number of thiophene rings is 1. The molecule has 116 valence electrons. The zero-order valence-electron chi connectivity index (χ0n) is 13.1. The first-order chi connectivity index (χ1) is 10.1. The second-order valence-corrected chi connectivity index (χ2v) is 7.72. The third-order valence-electron chi connectivity index (χ3n) is 5.33. The molecule has 0 spiro atoms. The molecule has 1 heterocycles. The monoisotopic (exact) mass is 306 g/mol. The summed E-state index contributed by atoms with van der Waals surface area (Å²) >= 11 is 1.59. The van der Waals surface area contributed by atoms with Crippen molar-refractivity contribution in [2.45, 2.75) is 64.7 Å². The van der Waals surface area contributed by atoms with Crippen molar-refractivity contribution in [3.8, 4) is 0 Å². The minimum Gasteiger partial charge on any atom is -0.397 e. The smallest absolute Gasteiger partial charge is 0.174 e. The molecule has 0 radical (unpaired) electrons. The molecule has 2 aliphatic rings. The topological polar surface area (TPSA) is 55.1 Å². The molecule has 3 rings (SSSR count). The summed E-state index contributed by atoms with van der Waals surface area (Å²) in [4.78, 5) is 12.8. The van der Waals surface area contributed by atoms with Crippen molar-refractivity contribution in [2.24, 2.45) is 5.41 Å². The van der Waals surface area contributed by atoms with Crippen LogP contribution in [0, 0.1) is 5.41 Å². The number of Topliss-reactive ketones (excluding diaryl/α,β-unsaturated/α-hetero) is 1. The van der Waals surface area contributed by atoms with E-state index in [1.54, 1.807) is 11.3 Å². The number of nitrogens with two attached hydrogens (primary N) is 1. The molecule has 4 heteroatoms. The summed E-state index contributed by atoms with van der Waals surface area (Å²) in [6, 6.07) is 0. The number of hydrogen-bond donors (Lipinski definition) is 2. The van der Waals surface area contributed by atoms with Gasteiger partial charge in [-0.15, -0.1) is 11.3 Å². The molecule has 0 atom stereocenters. The van der Waals surface area contributed by atoms with Crippen LogP contribution < -0.4 is 11.1 Å². The lowest BCUT2D eigenvalue weighted by Gasteiger charge is -2.41. The summed E-state index contributed by atoms with van der Waals surface area (Å²) in [7, 11) is 0. The highest BCUT2D eigenvalue weighted by Crippen LogP contribution is 2.52. The van der Waals surface area contributed by atoms with E-state index in [4.69, 9.17) is 5.73 Å². The van der Waals surface area contributed by atoms with Gasteiger partial charge in [0.05, 0.1) is 15.6 Å². The van der Waals surface area contributed by atoms with Gasteiger partial charge in [-0.05, 0) is 43.4 Å². The van der Waals surface area contributed by atoms with E-state index in [2.05, 4.69) is 12.2 Å². The van der Waals surface area contributed by atoms with Crippen molar-refractivity contribution in [2.75, 3.05) is 17.6 Å². The lowest BCUT2D eigenvalue weighted by atomic mass is 9.67. The number of nitrogen functional groups attached to an aromatic ring is 1. The predicted molar refractivity (Wildman–Crippen MR) is 90.4 cm³/mol. The third-order valence-corrected chi connectivity index (χ3v) is 6.55. The van der Waals surface area contributed by atoms with E-state index in [9.17, 15) is 4.79 Å². The van der Waals surface area contributed by atoms with Crippen molar-refractivity contribution in [1.29, 1.82) is 0 Å². The fraction of sp³-hybridized carbons (Fsp3) is 0.706. The molecular weight excluding hydrogens is 280 g/mol. The Bertz CT molecular complexity index is 536. The zero-order chi connectivity index (χ0) is 15.0. The van der Waals surface area contributed by atoms with Crippen LogP contribution in [0.25, 0.3) is 0 Å². The zero-order valence-corrected chi connectivity index (χ0v) is 13.9. The molecule has 3 nitrogen and oxygen atoms in total. The Balaban J connectivity index is 1.81. The van der Waals surface area contributed by atoms with E-state index >= 15 is 0 Å². The highest BCUT2D eigenvalue weighted by molar-refractivity contribution is 7.18. The normalized spacial score (nSPS) is 20.1. The number of carbonyl (C=O) groups is 1. The highest BCUT2D eigenvalue weighted by Gasteiger charge is 2.37. The summed E-state index contributed by atoms with van der Waals surface area (Å²) in [5, 5.41) is 4.83. The Morgan fingerprint density at radius 1 is 1.38 bits per heavy atom. The lowest BCUT2D eigenvalue weighted by Crippen LogP contribution is -2.35. The Labute approximate surface area is 131 Å². The van der Waals surface area contributed by atoms with Gasteiger partial charge in [-0.1, -0.05) is 20.3 Å². The standard InChI is InChI=1S/C17H26N2OS/c1-3-12(20)15-14(18)13(11-6-7-11)16(21-15)19-10-17(4-2)8-5-9-17/h11,19H,3-10,18H2,1-2H3. The first-order valence-corrected chi connectivity index (χ1v) is 9.11. The average molecular weight is 306 g/mol. The maximum atomic E-state index is 12.1. The van der Waals surface area contributed by atoms with Crippen LogP contribution in [0.3, 0.4) is 0 Å². The fourth-order valence-corrected chi connectivity index (χ4v) is 4.55. The Hall–Kier alpha value is -1.03. The van der Waals surface area contributed by atoms with Crippen molar-refractivity contribution in [3.63, 3.8) is 0 Å². The molecule has 0 saturated heterocycles. The van der Waals surface area contributed by atoms with Gasteiger partial charge in [0.25, 0.3) is 0 Å². The van der Waals surface area contributed by atoms with Gasteiger partial charge in [-0.3, -0.25) is 4.79 Å². The molecule has 0 amide bonds. The van der Waals surface area contributed by atoms with Gasteiger partial charge in [0, 0.05) is 18.5 Å². The number of nitrogens with one attached hydrogen (secondary N) is 1. The molecule has 1 aromatic heterocycles. The minimum absolute atomic E-state index is 0.182. The van der Waals surface area contributed by atoms with Gasteiger partial charge in [0.1, 0.15) is 0 Å². The van der Waals surface area contributed by atoms with Crippen LogP contribution in [-0.4, -0.2) is 12.3 Å². The number of rotatable bonds is 7. The molecule has 0 aromatic carbocycles. The first-order valence-electron chi connectivity index (χ1n) is 8.29. The summed E-state index contributed by atoms with van der Waals surface area (Å²) < 4.78 is 0. The van der Waals surface area contributed by atoms with Crippen LogP contribution in [0.5, 0.6) is 0 Å². The van der Waals surface area contributed by atoms with Crippen molar-refractivity contribution in [3.05, 3.63) is 10.4 Å². The quantitative estimate of drug-likeness (QED) is 0.712. The average Bonchev–Trinajstić information content (AvgIpc) is 3.22. The van der Waals surface area contributed by atoms with E-state index in [0.29, 0.717) is 17.8 Å². The Kier molecular flexibility index (Phi) is 4.00. The predicted octanol–water partition coefficient (Wildman–Crippen LogP) is 4.79. The van der Waals surface area contributed by atoms with Crippen molar-refractivity contribution in [1.82, 2.24) is 0 Å². The molecule has 0 aliphatic heterocycles. The molecule has 2 saturated carbocycles. The molecule has 21 heavy (non-hydrogen) atoms. The fourth-order valence-electron chi connectivity index (χ4n) is 3.33. The summed E-state index contributed by atoms with van der Waals surface area (Å²) in [6.07, 6.45) is 8.22. The van der Waals surface area contributed by atoms with E-state index in [1.165, 1.54) is 49.1 Å². The second-order valence-electron chi connectivity index (χ2n) is 6.70. The molecular formula is C17H26N2OS.